The number of fused-ring (bicyclic) bond motifs is 3. The number of nitrogens with one attached hydrogen (secondary N) is 1. The van der Waals surface area contributed by atoms with Gasteiger partial charge in [0, 0.05) is 29.6 Å². The highest BCUT2D eigenvalue weighted by atomic mass is 16.5. The number of ether oxygens (including phenoxy) is 1. The van der Waals surface area contributed by atoms with Gasteiger partial charge in [0.2, 0.25) is 0 Å². The van der Waals surface area contributed by atoms with E-state index >= 15 is 0 Å². The number of amides is 1. The van der Waals surface area contributed by atoms with Crippen molar-refractivity contribution in [1.29, 1.82) is 0 Å². The first kappa shape index (κ1) is 14.5. The minimum atomic E-state index is 0.167. The van der Waals surface area contributed by atoms with E-state index < -0.39 is 0 Å². The number of rotatable bonds is 2. The third-order valence-corrected chi connectivity index (χ3v) is 5.22. The van der Waals surface area contributed by atoms with Gasteiger partial charge in [-0.3, -0.25) is 4.79 Å². The van der Waals surface area contributed by atoms with Gasteiger partial charge in [-0.25, -0.2) is 0 Å². The van der Waals surface area contributed by atoms with Crippen molar-refractivity contribution in [3.63, 3.8) is 0 Å². The highest BCUT2D eigenvalue weighted by molar-refractivity contribution is 6.08. The average Bonchev–Trinajstić information content (AvgIpc) is 2.86. The minimum absolute atomic E-state index is 0.167. The highest BCUT2D eigenvalue weighted by Crippen LogP contribution is 2.33. The van der Waals surface area contributed by atoms with Gasteiger partial charge in [0.1, 0.15) is 5.75 Å². The van der Waals surface area contributed by atoms with Crippen molar-refractivity contribution >= 4 is 16.7 Å². The summed E-state index contributed by atoms with van der Waals surface area (Å²) in [5, 5.41) is 5.44. The number of nitrogens with zero attached hydrogens (tertiary/aromatic N) is 1. The van der Waals surface area contributed by atoms with Crippen LogP contribution in [-0.2, 0) is 0 Å². The second-order valence-electron chi connectivity index (χ2n) is 6.45. The van der Waals surface area contributed by atoms with Gasteiger partial charge < -0.3 is 15.0 Å². The molecule has 120 valence electrons. The van der Waals surface area contributed by atoms with Crippen LogP contribution in [0.5, 0.6) is 5.75 Å². The van der Waals surface area contributed by atoms with E-state index in [1.807, 2.05) is 36.4 Å². The van der Waals surface area contributed by atoms with Crippen LogP contribution in [0.4, 0.5) is 0 Å². The van der Waals surface area contributed by atoms with Crippen LogP contribution < -0.4 is 10.1 Å². The topological polar surface area (TPSA) is 41.6 Å². The lowest BCUT2D eigenvalue weighted by atomic mass is 10.0. The second-order valence-corrected chi connectivity index (χ2v) is 6.45. The molecule has 2 atom stereocenters. The summed E-state index contributed by atoms with van der Waals surface area (Å²) < 4.78 is 5.45. The molecule has 2 heterocycles. The number of hydrogen-bond acceptors (Lipinski definition) is 3. The Morgan fingerprint density at radius 3 is 2.70 bits per heavy atom. The van der Waals surface area contributed by atoms with Crippen LogP contribution in [0.25, 0.3) is 10.8 Å². The number of carbonyl (C=O) groups is 1. The molecule has 4 heteroatoms. The molecule has 0 radical (unpaired) electrons. The number of methoxy groups -OCH3 is 1. The molecule has 2 aromatic rings. The maximum atomic E-state index is 13.3. The summed E-state index contributed by atoms with van der Waals surface area (Å²) in [6.07, 6.45) is 3.29. The summed E-state index contributed by atoms with van der Waals surface area (Å²) in [4.78, 5) is 15.4. The molecular weight excluding hydrogens is 288 g/mol. The second kappa shape index (κ2) is 5.85. The summed E-state index contributed by atoms with van der Waals surface area (Å²) >= 11 is 0. The first-order valence-electron chi connectivity index (χ1n) is 8.38. The van der Waals surface area contributed by atoms with E-state index in [-0.39, 0.29) is 5.91 Å². The van der Waals surface area contributed by atoms with Gasteiger partial charge in [-0.15, -0.1) is 0 Å². The van der Waals surface area contributed by atoms with Crippen molar-refractivity contribution in [2.24, 2.45) is 0 Å². The molecule has 2 aromatic carbocycles. The average molecular weight is 310 g/mol. The Kier molecular flexibility index (Phi) is 3.69. The summed E-state index contributed by atoms with van der Waals surface area (Å²) in [5.41, 5.74) is 0.792. The third-order valence-electron chi connectivity index (χ3n) is 5.22. The molecule has 23 heavy (non-hydrogen) atoms. The van der Waals surface area contributed by atoms with Crippen molar-refractivity contribution in [2.45, 2.75) is 31.3 Å². The van der Waals surface area contributed by atoms with Crippen LogP contribution in [0.15, 0.2) is 36.4 Å². The molecule has 0 aromatic heterocycles. The van der Waals surface area contributed by atoms with Crippen molar-refractivity contribution in [3.8, 4) is 5.75 Å². The Hall–Kier alpha value is -2.07. The van der Waals surface area contributed by atoms with E-state index in [1.54, 1.807) is 7.11 Å². The van der Waals surface area contributed by atoms with Gasteiger partial charge in [0.15, 0.2) is 0 Å². The molecule has 2 unspecified atom stereocenters. The smallest absolute Gasteiger partial charge is 0.255 e. The lowest BCUT2D eigenvalue weighted by Gasteiger charge is -2.28. The van der Waals surface area contributed by atoms with Crippen LogP contribution >= 0.6 is 0 Å². The molecule has 2 aliphatic heterocycles. The Labute approximate surface area is 136 Å². The third kappa shape index (κ3) is 2.38. The maximum absolute atomic E-state index is 13.3. The van der Waals surface area contributed by atoms with Crippen molar-refractivity contribution in [1.82, 2.24) is 10.2 Å². The SMILES string of the molecule is COc1ccc(C(=O)N2C3CCNCC2CC3)c2ccccc12. The zero-order valence-corrected chi connectivity index (χ0v) is 13.4. The van der Waals surface area contributed by atoms with Gasteiger partial charge in [0.05, 0.1) is 7.11 Å². The molecule has 0 saturated carbocycles. The van der Waals surface area contributed by atoms with E-state index in [4.69, 9.17) is 4.74 Å². The van der Waals surface area contributed by atoms with Gasteiger partial charge >= 0.3 is 0 Å². The lowest BCUT2D eigenvalue weighted by molar-refractivity contribution is 0.0682. The van der Waals surface area contributed by atoms with E-state index in [0.717, 1.165) is 54.4 Å². The molecule has 2 fully saturated rings. The van der Waals surface area contributed by atoms with Crippen molar-refractivity contribution < 1.29 is 9.53 Å². The van der Waals surface area contributed by atoms with Crippen LogP contribution in [0, 0.1) is 0 Å². The molecule has 2 saturated heterocycles. The summed E-state index contributed by atoms with van der Waals surface area (Å²) in [6.45, 7) is 1.92. The van der Waals surface area contributed by atoms with Crippen LogP contribution in [0.2, 0.25) is 0 Å². The Morgan fingerprint density at radius 2 is 1.87 bits per heavy atom. The largest absolute Gasteiger partial charge is 0.496 e. The van der Waals surface area contributed by atoms with E-state index in [0.29, 0.717) is 12.1 Å². The van der Waals surface area contributed by atoms with Gasteiger partial charge in [-0.05, 0) is 43.3 Å². The predicted molar refractivity (Wildman–Crippen MR) is 91.0 cm³/mol. The Bertz CT molecular complexity index is 729. The zero-order valence-electron chi connectivity index (χ0n) is 13.4. The highest BCUT2D eigenvalue weighted by Gasteiger charge is 2.38. The monoisotopic (exact) mass is 310 g/mol. The standard InChI is InChI=1S/C19H22N2O2/c1-23-18-9-8-17(15-4-2-3-5-16(15)18)19(22)21-13-6-7-14(21)12-20-11-10-13/h2-5,8-9,13-14,20H,6-7,10-12H2,1H3. The maximum Gasteiger partial charge on any atom is 0.255 e. The molecule has 2 aliphatic rings. The molecular formula is C19H22N2O2. The summed E-state index contributed by atoms with van der Waals surface area (Å²) in [5.74, 6) is 0.984. The molecule has 1 N–H and O–H groups in total. The Balaban J connectivity index is 1.78. The summed E-state index contributed by atoms with van der Waals surface area (Å²) in [6, 6.07) is 12.5. The number of benzene rings is 2. The first-order chi connectivity index (χ1) is 11.3. The fraction of sp³-hybridized carbons (Fsp3) is 0.421. The predicted octanol–water partition coefficient (Wildman–Crippen LogP) is 2.81. The summed E-state index contributed by atoms with van der Waals surface area (Å²) in [7, 11) is 1.67. The van der Waals surface area contributed by atoms with Crippen LogP contribution in [-0.4, -0.2) is 43.1 Å². The first-order valence-corrected chi connectivity index (χ1v) is 8.38. The lowest BCUT2D eigenvalue weighted by Crippen LogP contribution is -2.42. The van der Waals surface area contributed by atoms with Gasteiger partial charge in [-0.1, -0.05) is 24.3 Å². The molecule has 2 bridgehead atoms. The number of hydrogen-bond donors (Lipinski definition) is 1. The van der Waals surface area contributed by atoms with E-state index in [2.05, 4.69) is 10.2 Å². The van der Waals surface area contributed by atoms with Crippen molar-refractivity contribution in [3.05, 3.63) is 42.0 Å². The quantitative estimate of drug-likeness (QED) is 0.927. The van der Waals surface area contributed by atoms with Gasteiger partial charge in [-0.2, -0.15) is 0 Å². The fourth-order valence-electron chi connectivity index (χ4n) is 4.09. The zero-order chi connectivity index (χ0) is 15.8. The van der Waals surface area contributed by atoms with Crippen molar-refractivity contribution in [2.75, 3.05) is 20.2 Å². The van der Waals surface area contributed by atoms with Gasteiger partial charge in [0.25, 0.3) is 5.91 Å². The normalized spacial score (nSPS) is 23.8. The minimum Gasteiger partial charge on any atom is -0.496 e. The molecule has 4 rings (SSSR count). The fourth-order valence-corrected chi connectivity index (χ4v) is 4.09. The molecule has 4 nitrogen and oxygen atoms in total. The van der Waals surface area contributed by atoms with Crippen LogP contribution in [0.3, 0.4) is 0 Å². The number of carbonyl (C=O) groups excluding carboxylic acids is 1. The van der Waals surface area contributed by atoms with Crippen LogP contribution in [0.1, 0.15) is 29.6 Å². The molecule has 1 amide bonds. The molecule has 0 spiro atoms. The molecule has 0 aliphatic carbocycles. The van der Waals surface area contributed by atoms with E-state index in [9.17, 15) is 4.79 Å². The van der Waals surface area contributed by atoms with E-state index in [1.165, 1.54) is 0 Å². The Morgan fingerprint density at radius 1 is 1.09 bits per heavy atom.